The second-order valence-corrected chi connectivity index (χ2v) is 33.0. The number of aromatic nitrogens is 8. The summed E-state index contributed by atoms with van der Waals surface area (Å²) in [4.78, 5) is 70.8. The second-order valence-electron chi connectivity index (χ2n) is 31.1. The predicted octanol–water partition coefficient (Wildman–Crippen LogP) is 15.6. The lowest BCUT2D eigenvalue weighted by molar-refractivity contribution is 0.0512. The number of alkyl carbamates (subject to hydrolysis) is 2. The number of hydrogen-bond donors (Lipinski definition) is 8. The molecule has 2 saturated carbocycles. The lowest BCUT2D eigenvalue weighted by atomic mass is 9.79. The minimum atomic E-state index is -1.48. The summed E-state index contributed by atoms with van der Waals surface area (Å²) in [5, 5.41) is 33.5. The lowest BCUT2D eigenvalue weighted by Gasteiger charge is -2.38. The van der Waals surface area contributed by atoms with Gasteiger partial charge in [-0.25, -0.2) is 46.1 Å². The molecule has 10 aromatic rings. The second kappa shape index (κ2) is 36.5. The van der Waals surface area contributed by atoms with E-state index in [1.54, 1.807) is 159 Å². The fraction of sp³-hybridized carbons (Fsp3) is 0.357. The number of pyridine rings is 2. The number of hydrogen-bond acceptors (Lipinski definition) is 15. The van der Waals surface area contributed by atoms with Crippen LogP contribution in [-0.4, -0.2) is 94.5 Å². The molecule has 12 rings (SSSR count). The first-order valence-electron chi connectivity index (χ1n) is 36.9. The van der Waals surface area contributed by atoms with Crippen molar-refractivity contribution in [1.82, 2.24) is 54.7 Å². The van der Waals surface area contributed by atoms with Gasteiger partial charge < -0.3 is 47.3 Å². The van der Waals surface area contributed by atoms with E-state index in [4.69, 9.17) is 20.9 Å². The Balaban J connectivity index is 0.000000204. The SMILES string of the molecule is Cc1cc(C(=O)Nc2cc(C(CCC3CC3)(N[S@@](=O)C(C)(C)C)c3ccncc3)ccc2F)n(-c2cccc(CNC(=O)OC(C)(C)C)c2)n1.Cc1cc(C(=O)Nc2cc(C(N)(CCC3CC3)c3ccncc3)ccc2F)n(-c2cccc(CN)c2)n1.Cc1cc(C(=O)O)n(-c2cccc(CNC(=O)OC(C)(C)C)c2)n1.Cl. The molecule has 2 aliphatic carbocycles. The fourth-order valence-corrected chi connectivity index (χ4v) is 13.4. The van der Waals surface area contributed by atoms with E-state index in [0.29, 0.717) is 76.6 Å². The molecule has 3 atom stereocenters. The van der Waals surface area contributed by atoms with E-state index in [1.807, 2.05) is 87.5 Å². The van der Waals surface area contributed by atoms with Crippen LogP contribution in [0.3, 0.4) is 0 Å². The van der Waals surface area contributed by atoms with E-state index in [2.05, 4.69) is 51.3 Å². The number of carboxylic acids is 1. The highest BCUT2D eigenvalue weighted by molar-refractivity contribution is 7.84. The quantitative estimate of drug-likeness (QED) is 0.0264. The number of benzene rings is 5. The smallest absolute Gasteiger partial charge is 0.407 e. The van der Waals surface area contributed by atoms with Gasteiger partial charge >= 0.3 is 18.2 Å². The van der Waals surface area contributed by atoms with Crippen molar-refractivity contribution in [2.45, 2.75) is 181 Å². The molecule has 0 spiro atoms. The monoisotopic (exact) mass is 1570 g/mol. The predicted molar refractivity (Wildman–Crippen MR) is 431 cm³/mol. The number of carbonyl (C=O) groups is 5. The van der Waals surface area contributed by atoms with Crippen LogP contribution in [0.2, 0.25) is 0 Å². The highest BCUT2D eigenvalue weighted by Crippen LogP contribution is 2.44. The molecule has 0 aliphatic heterocycles. The summed E-state index contributed by atoms with van der Waals surface area (Å²) in [6.45, 7) is 22.6. The van der Waals surface area contributed by atoms with Crippen molar-refractivity contribution in [2.24, 2.45) is 23.3 Å². The van der Waals surface area contributed by atoms with E-state index < -0.39 is 79.6 Å². The normalized spacial score (nSPS) is 14.1. The van der Waals surface area contributed by atoms with Gasteiger partial charge in [0.15, 0.2) is 5.69 Å². The van der Waals surface area contributed by atoms with Crippen LogP contribution in [0, 0.1) is 44.2 Å². The summed E-state index contributed by atoms with van der Waals surface area (Å²) < 4.78 is 62.1. The van der Waals surface area contributed by atoms with Crippen molar-refractivity contribution in [1.29, 1.82) is 0 Å². The molecule has 2 fully saturated rings. The third-order valence-electron chi connectivity index (χ3n) is 18.4. The van der Waals surface area contributed by atoms with E-state index in [0.717, 1.165) is 59.1 Å². The Bertz CT molecular complexity index is 4990. The van der Waals surface area contributed by atoms with Gasteiger partial charge in [-0.2, -0.15) is 15.3 Å². The third-order valence-corrected chi connectivity index (χ3v) is 20.1. The summed E-state index contributed by atoms with van der Waals surface area (Å²) >= 11 is 0. The van der Waals surface area contributed by atoms with Crippen LogP contribution in [-0.2, 0) is 51.2 Å². The van der Waals surface area contributed by atoms with Gasteiger partial charge in [0, 0.05) is 44.4 Å². The Morgan fingerprint density at radius 2 is 0.911 bits per heavy atom. The molecule has 0 saturated heterocycles. The molecular formula is C84H100ClF2N15O9S. The topological polar surface area (TPSA) is 333 Å². The van der Waals surface area contributed by atoms with Crippen LogP contribution >= 0.6 is 12.4 Å². The molecule has 4 amide bonds. The van der Waals surface area contributed by atoms with Gasteiger partial charge in [0.1, 0.15) is 34.2 Å². The maximum atomic E-state index is 15.6. The third kappa shape index (κ3) is 22.9. The molecule has 10 N–H and O–H groups in total. The number of aryl methyl sites for hydroxylation is 3. The minimum absolute atomic E-state index is 0. The molecule has 2 unspecified atom stereocenters. The molecule has 28 heteroatoms. The Hall–Kier alpha value is -10.8. The number of nitrogens with zero attached hydrogens (tertiary/aromatic N) is 8. The molecule has 592 valence electrons. The Labute approximate surface area is 660 Å². The molecule has 112 heavy (non-hydrogen) atoms. The number of ether oxygens (including phenoxy) is 2. The first kappa shape index (κ1) is 85.2. The van der Waals surface area contributed by atoms with E-state index in [1.165, 1.54) is 40.4 Å². The van der Waals surface area contributed by atoms with Gasteiger partial charge in [-0.05, 0) is 263 Å². The summed E-state index contributed by atoms with van der Waals surface area (Å²) in [5.41, 5.74) is 19.9. The fourth-order valence-electron chi connectivity index (χ4n) is 12.5. The average Bonchev–Trinajstić information content (AvgIpc) is 0.936. The first-order chi connectivity index (χ1) is 52.6. The zero-order chi connectivity index (χ0) is 80.2. The maximum Gasteiger partial charge on any atom is 0.407 e. The number of carbonyl (C=O) groups excluding carboxylic acids is 4. The molecule has 5 aromatic heterocycles. The van der Waals surface area contributed by atoms with Gasteiger partial charge in [0.25, 0.3) is 11.8 Å². The zero-order valence-electron chi connectivity index (χ0n) is 65.2. The van der Waals surface area contributed by atoms with E-state index >= 15 is 4.39 Å². The van der Waals surface area contributed by atoms with Crippen molar-refractivity contribution < 1.29 is 51.5 Å². The molecule has 0 radical (unpaired) electrons. The maximum absolute atomic E-state index is 15.6. The van der Waals surface area contributed by atoms with E-state index in [-0.39, 0.29) is 48.3 Å². The molecule has 0 bridgehead atoms. The van der Waals surface area contributed by atoms with Crippen molar-refractivity contribution in [2.75, 3.05) is 10.6 Å². The highest BCUT2D eigenvalue weighted by Gasteiger charge is 2.41. The van der Waals surface area contributed by atoms with Crippen LogP contribution in [0.4, 0.5) is 29.7 Å². The van der Waals surface area contributed by atoms with Gasteiger partial charge in [-0.1, -0.05) is 74.2 Å². The number of nitrogens with two attached hydrogens (primary N) is 2. The number of carboxylic acid groups (broad SMARTS) is 1. The van der Waals surface area contributed by atoms with Gasteiger partial charge in [0.05, 0.1) is 72.3 Å². The molecule has 5 heterocycles. The van der Waals surface area contributed by atoms with Crippen LogP contribution in [0.15, 0.2) is 176 Å². The standard InChI is InChI=1S/C38H47FN6O4S.C29H31FN6O.C17H21N3O4.ClH/c1-25-21-33(45(43-25)30-10-8-9-27(22-30)24-41-35(47)49-36(2,3)4)34(46)42-32-23-29(13-14-31(32)39)38(18-15-26-11-12-26,28-16-19-40-20-17-28)44-50(48)37(5,6)7;1-19-15-27(36(35-19)24-4-2-3-21(16-24)18-31)28(37)34-26-17-23(7-8-25(26)30)29(32,12-9-20-5-6-20)22-10-13-33-14-11-22;1-11-8-14(15(21)22)20(19-11)13-7-5-6-12(9-13)10-18-16(23)24-17(2,3)4;/h8-10,13-14,16-17,19-23,26,44H,11-12,15,18,24H2,1-7H3,(H,41,47)(H,42,46);2-4,7-8,10-11,13-17,20H,5-6,9,12,18,31-32H2,1H3,(H,34,37);5-9H,10H2,1-4H3,(H,18,23)(H,21,22);1H/t38?,50-;;;/m0.../s1. The molecule has 24 nitrogen and oxygen atoms in total. The van der Waals surface area contributed by atoms with Crippen LogP contribution in [0.5, 0.6) is 0 Å². The molecular weight excluding hydrogens is 1470 g/mol. The summed E-state index contributed by atoms with van der Waals surface area (Å²) in [6.07, 6.45) is 13.7. The van der Waals surface area contributed by atoms with Crippen molar-refractivity contribution in [3.63, 3.8) is 0 Å². The molecule has 2 aliphatic rings. The van der Waals surface area contributed by atoms with Crippen LogP contribution in [0.25, 0.3) is 17.1 Å². The minimum Gasteiger partial charge on any atom is -0.477 e. The summed E-state index contributed by atoms with van der Waals surface area (Å²) in [7, 11) is -1.48. The van der Waals surface area contributed by atoms with Gasteiger partial charge in [0.2, 0.25) is 0 Å². The number of rotatable bonds is 25. The van der Waals surface area contributed by atoms with E-state index in [9.17, 15) is 37.7 Å². The average molecular weight is 1570 g/mol. The number of halogens is 3. The number of amides is 4. The van der Waals surface area contributed by atoms with Gasteiger partial charge in [-0.15, -0.1) is 12.4 Å². The molecule has 5 aromatic carbocycles. The number of aromatic carboxylic acids is 1. The number of anilines is 2. The van der Waals surface area contributed by atoms with Crippen LogP contribution in [0.1, 0.15) is 201 Å². The first-order valence-corrected chi connectivity index (χ1v) is 38.1. The van der Waals surface area contributed by atoms with Gasteiger partial charge in [-0.3, -0.25) is 19.6 Å². The zero-order valence-corrected chi connectivity index (χ0v) is 66.8. The van der Waals surface area contributed by atoms with Crippen molar-refractivity contribution >= 4 is 64.7 Å². The largest absolute Gasteiger partial charge is 0.477 e. The summed E-state index contributed by atoms with van der Waals surface area (Å²) in [6, 6.07) is 43.6. The Morgan fingerprint density at radius 3 is 1.33 bits per heavy atom. The Kier molecular flexibility index (Phi) is 27.8. The number of nitrogens with one attached hydrogen (secondary N) is 5. The lowest BCUT2D eigenvalue weighted by Crippen LogP contribution is -2.49. The highest BCUT2D eigenvalue weighted by atomic mass is 35.5. The van der Waals surface area contributed by atoms with Crippen molar-refractivity contribution in [3.05, 3.63) is 261 Å². The Morgan fingerprint density at radius 1 is 0.518 bits per heavy atom. The van der Waals surface area contributed by atoms with Crippen molar-refractivity contribution in [3.8, 4) is 17.1 Å². The summed E-state index contributed by atoms with van der Waals surface area (Å²) in [5.74, 6) is -1.96. The van der Waals surface area contributed by atoms with Crippen LogP contribution < -0.4 is 37.5 Å².